The average Bonchev–Trinajstić information content (AvgIpc) is 1.62. The van der Waals surface area contributed by atoms with Crippen LogP contribution in [0.4, 0.5) is 18.9 Å². The molecule has 13 rings (SSSR count). The van der Waals surface area contributed by atoms with Gasteiger partial charge >= 0.3 is 6.18 Å². The lowest BCUT2D eigenvalue weighted by Gasteiger charge is -2.22. The largest absolute Gasteiger partial charge is 0.417 e. The number of aromatic nitrogens is 2. The van der Waals surface area contributed by atoms with Crippen LogP contribution >= 0.6 is 0 Å². The molecule has 0 atom stereocenters. The number of hydrogen-bond donors (Lipinski definition) is 0. The van der Waals surface area contributed by atoms with Crippen LogP contribution in [0.15, 0.2) is 176 Å². The van der Waals surface area contributed by atoms with Crippen LogP contribution in [0.5, 0.6) is 0 Å². The van der Waals surface area contributed by atoms with Gasteiger partial charge in [-0.15, -0.1) is 0 Å². The highest BCUT2D eigenvalue weighted by Gasteiger charge is 2.35. The third-order valence-electron chi connectivity index (χ3n) is 18.1. The molecule has 0 aliphatic heterocycles. The molecule has 3 nitrogen and oxygen atoms in total. The van der Waals surface area contributed by atoms with Gasteiger partial charge in [-0.05, 0) is 274 Å². The fourth-order valence-corrected chi connectivity index (χ4v) is 15.2. The van der Waals surface area contributed by atoms with E-state index in [-0.39, 0.29) is 5.56 Å². The number of fused-ring (bicyclic) bond motifs is 6. The van der Waals surface area contributed by atoms with E-state index in [4.69, 9.17) is 6.57 Å². The van der Waals surface area contributed by atoms with Crippen LogP contribution < -0.4 is 0 Å². The second-order valence-electron chi connectivity index (χ2n) is 24.7. The van der Waals surface area contributed by atoms with Gasteiger partial charge in [0.05, 0.1) is 39.9 Å². The molecule has 0 bridgehead atoms. The van der Waals surface area contributed by atoms with Crippen molar-refractivity contribution in [3.05, 3.63) is 265 Å². The van der Waals surface area contributed by atoms with Gasteiger partial charge in [-0.25, -0.2) is 4.85 Å². The van der Waals surface area contributed by atoms with Gasteiger partial charge in [-0.2, -0.15) is 13.2 Å². The van der Waals surface area contributed by atoms with Gasteiger partial charge in [0, 0.05) is 32.8 Å². The molecule has 0 fully saturated rings. The summed E-state index contributed by atoms with van der Waals surface area (Å²) in [5, 5.41) is 4.15. The average molecular weight is 1140 g/mol. The second kappa shape index (κ2) is 21.1. The molecule has 0 unspecified atom stereocenters. The molecule has 87 heavy (non-hydrogen) atoms. The molecule has 2 aromatic heterocycles. The zero-order valence-corrected chi connectivity index (χ0v) is 51.7. The molecular formula is C81H68F3N3. The van der Waals surface area contributed by atoms with Crippen LogP contribution in [0, 0.1) is 96.6 Å². The Bertz CT molecular complexity index is 4800. The van der Waals surface area contributed by atoms with E-state index in [2.05, 4.69) is 224 Å². The summed E-state index contributed by atoms with van der Waals surface area (Å²) in [4.78, 5) is 4.34. The zero-order chi connectivity index (χ0) is 61.2. The minimum atomic E-state index is -4.64. The van der Waals surface area contributed by atoms with Crippen LogP contribution in [-0.4, -0.2) is 9.13 Å². The van der Waals surface area contributed by atoms with Gasteiger partial charge in [0.25, 0.3) is 0 Å². The summed E-state index contributed by atoms with van der Waals surface area (Å²) in [6, 6.07) is 60.8. The molecule has 0 N–H and O–H groups in total. The lowest BCUT2D eigenvalue weighted by atomic mass is 9.90. The second-order valence-corrected chi connectivity index (χ2v) is 24.7. The van der Waals surface area contributed by atoms with Gasteiger partial charge in [-0.3, -0.25) is 0 Å². The maximum absolute atomic E-state index is 15.5. The highest BCUT2D eigenvalue weighted by molar-refractivity contribution is 6.15. The third kappa shape index (κ3) is 9.43. The van der Waals surface area contributed by atoms with Crippen LogP contribution in [-0.2, 0) is 6.18 Å². The first kappa shape index (κ1) is 56.4. The number of nitrogens with zero attached hydrogens (tertiary/aromatic N) is 3. The normalized spacial score (nSPS) is 11.9. The quantitative estimate of drug-likeness (QED) is 0.135. The molecule has 2 heterocycles. The smallest absolute Gasteiger partial charge is 0.310 e. The van der Waals surface area contributed by atoms with E-state index in [0.717, 1.165) is 77.2 Å². The summed E-state index contributed by atoms with van der Waals surface area (Å²) < 4.78 is 50.9. The predicted octanol–water partition coefficient (Wildman–Crippen LogP) is 23.5. The number of rotatable bonds is 8. The van der Waals surface area contributed by atoms with Crippen LogP contribution in [0.2, 0.25) is 0 Å². The van der Waals surface area contributed by atoms with Crippen LogP contribution in [0.3, 0.4) is 0 Å². The molecule has 0 aliphatic rings. The first-order valence-electron chi connectivity index (χ1n) is 29.9. The van der Waals surface area contributed by atoms with Crippen molar-refractivity contribution in [3.63, 3.8) is 0 Å². The first-order chi connectivity index (χ1) is 41.6. The number of halogens is 3. The Balaban J connectivity index is 1.16. The highest BCUT2D eigenvalue weighted by Crippen LogP contribution is 2.50. The summed E-state index contributed by atoms with van der Waals surface area (Å²) in [5.41, 5.74) is 30.6. The van der Waals surface area contributed by atoms with Crippen molar-refractivity contribution in [1.29, 1.82) is 0 Å². The minimum Gasteiger partial charge on any atom is -0.310 e. The van der Waals surface area contributed by atoms with E-state index in [1.54, 1.807) is 13.0 Å². The SMILES string of the molecule is [C-]#[N+]c1cccc(-n2c3ccc(-c4c(C)cc(C)cc4C)cc3c3cc(-c4c(C)cc(C)cc4C)ccc32)c1-c1cc(-c2c(C)cccc2C(F)(F)F)ccc1-n1c2ccc(-c3c(C)cc(C)cc3C)cc2c2cc(-c3c(C)cc(C)cc3C)ccc21. The van der Waals surface area contributed by atoms with Gasteiger partial charge in [0.2, 0.25) is 0 Å². The minimum absolute atomic E-state index is 0.101. The molecular weight excluding hydrogens is 1070 g/mol. The van der Waals surface area contributed by atoms with Crippen molar-refractivity contribution in [3.8, 4) is 78.1 Å². The maximum atomic E-state index is 15.5. The van der Waals surface area contributed by atoms with Gasteiger partial charge in [-0.1, -0.05) is 125 Å². The molecule has 0 amide bonds. The van der Waals surface area contributed by atoms with Crippen molar-refractivity contribution in [1.82, 2.24) is 9.13 Å². The monoisotopic (exact) mass is 1140 g/mol. The fourth-order valence-electron chi connectivity index (χ4n) is 15.2. The molecule has 0 aliphatic carbocycles. The summed E-state index contributed by atoms with van der Waals surface area (Å²) in [6.45, 7) is 36.8. The van der Waals surface area contributed by atoms with E-state index < -0.39 is 11.7 Å². The first-order valence-corrected chi connectivity index (χ1v) is 29.9. The van der Waals surface area contributed by atoms with Crippen molar-refractivity contribution in [2.75, 3.05) is 0 Å². The molecule has 0 saturated carbocycles. The van der Waals surface area contributed by atoms with E-state index in [1.165, 1.54) is 101 Å². The number of benzene rings is 11. The fraction of sp³-hybridized carbons (Fsp3) is 0.173. The molecule has 13 aromatic rings. The molecule has 0 radical (unpaired) electrons. The van der Waals surface area contributed by atoms with E-state index in [9.17, 15) is 0 Å². The topological polar surface area (TPSA) is 14.2 Å². The Labute approximate surface area is 508 Å². The Hall–Kier alpha value is -9.70. The Morgan fingerprint density at radius 2 is 0.632 bits per heavy atom. The number of aryl methyl sites for hydroxylation is 13. The Morgan fingerprint density at radius 1 is 0.310 bits per heavy atom. The van der Waals surface area contributed by atoms with Gasteiger partial charge in [0.1, 0.15) is 0 Å². The van der Waals surface area contributed by atoms with Crippen molar-refractivity contribution < 1.29 is 13.2 Å². The lowest BCUT2D eigenvalue weighted by Crippen LogP contribution is -2.08. The van der Waals surface area contributed by atoms with E-state index in [0.29, 0.717) is 27.9 Å². The Kier molecular flexibility index (Phi) is 13.7. The van der Waals surface area contributed by atoms with Gasteiger partial charge < -0.3 is 9.13 Å². The Morgan fingerprint density at radius 3 is 0.977 bits per heavy atom. The third-order valence-corrected chi connectivity index (χ3v) is 18.1. The van der Waals surface area contributed by atoms with Crippen molar-refractivity contribution >= 4 is 49.3 Å². The molecule has 428 valence electrons. The standard InChI is InChI=1S/C81H68F3N3/c1-44-31-49(6)75(50(7)32-44)57-21-26-69-62(39-57)63-40-58(76-51(8)33-45(2)34-52(76)9)22-27-70(63)86(69)73-30-25-61(79-48(5)17-15-18-67(79)81(82,83)84)43-66(73)80-68(85-14)19-16-20-74(80)87-71-28-23-59(77-53(10)35-46(3)36-54(77)11)41-64(71)65-42-60(24-29-72(65)87)78-55(12)37-47(4)38-56(78)13/h15-43H,1-13H3. The summed E-state index contributed by atoms with van der Waals surface area (Å²) in [5.74, 6) is 0. The number of alkyl halides is 3. The molecule has 11 aromatic carbocycles. The molecule has 0 spiro atoms. The highest BCUT2D eigenvalue weighted by atomic mass is 19.4. The molecule has 6 heteroatoms. The zero-order valence-electron chi connectivity index (χ0n) is 51.7. The summed E-state index contributed by atoms with van der Waals surface area (Å²) in [6.07, 6.45) is -4.64. The van der Waals surface area contributed by atoms with Crippen LogP contribution in [0.25, 0.3) is 127 Å². The van der Waals surface area contributed by atoms with Crippen LogP contribution in [0.1, 0.15) is 77.9 Å². The predicted molar refractivity (Wildman–Crippen MR) is 361 cm³/mol. The maximum Gasteiger partial charge on any atom is 0.417 e. The summed E-state index contributed by atoms with van der Waals surface area (Å²) in [7, 11) is 0. The molecule has 0 saturated heterocycles. The van der Waals surface area contributed by atoms with E-state index >= 15 is 13.2 Å². The summed E-state index contributed by atoms with van der Waals surface area (Å²) >= 11 is 0. The van der Waals surface area contributed by atoms with Crippen molar-refractivity contribution in [2.45, 2.75) is 96.2 Å². The number of hydrogen-bond acceptors (Lipinski definition) is 0. The lowest BCUT2D eigenvalue weighted by molar-refractivity contribution is -0.137. The van der Waals surface area contributed by atoms with Gasteiger partial charge in [0.15, 0.2) is 5.69 Å². The van der Waals surface area contributed by atoms with E-state index in [1.807, 2.05) is 30.3 Å². The van der Waals surface area contributed by atoms with Crippen molar-refractivity contribution in [2.24, 2.45) is 0 Å².